The largest absolute Gasteiger partial charge is 0.394 e. The molecule has 428 valence electrons. The van der Waals surface area contributed by atoms with Crippen LogP contribution in [-0.2, 0) is 23.7 Å². The zero-order valence-electron chi connectivity index (χ0n) is 45.9. The molecule has 2 heterocycles. The van der Waals surface area contributed by atoms with Crippen LogP contribution in [0.5, 0.6) is 0 Å². The van der Waals surface area contributed by atoms with E-state index in [0.29, 0.717) is 12.8 Å². The van der Waals surface area contributed by atoms with E-state index in [0.717, 1.165) is 32.1 Å². The quantitative estimate of drug-likeness (QED) is 0.0205. The fourth-order valence-electron chi connectivity index (χ4n) is 9.71. The molecule has 0 radical (unpaired) electrons. The van der Waals surface area contributed by atoms with Crippen molar-refractivity contribution < 1.29 is 64.6 Å². The van der Waals surface area contributed by atoms with Gasteiger partial charge in [0.15, 0.2) is 12.6 Å². The second-order valence-corrected chi connectivity index (χ2v) is 21.1. The molecule has 9 N–H and O–H groups in total. The van der Waals surface area contributed by atoms with Gasteiger partial charge in [-0.3, -0.25) is 4.79 Å². The van der Waals surface area contributed by atoms with Crippen LogP contribution >= 0.6 is 0 Å². The van der Waals surface area contributed by atoms with E-state index in [1.54, 1.807) is 6.08 Å². The molecule has 0 bridgehead atoms. The van der Waals surface area contributed by atoms with Crippen LogP contribution in [0, 0.1) is 0 Å². The van der Waals surface area contributed by atoms with E-state index < -0.39 is 86.8 Å². The van der Waals surface area contributed by atoms with Crippen molar-refractivity contribution in [1.82, 2.24) is 5.32 Å². The van der Waals surface area contributed by atoms with Crippen molar-refractivity contribution in [3.05, 3.63) is 36.5 Å². The number of amides is 1. The summed E-state index contributed by atoms with van der Waals surface area (Å²) in [4.78, 5) is 13.2. The molecule has 0 spiro atoms. The van der Waals surface area contributed by atoms with Crippen molar-refractivity contribution in [2.45, 2.75) is 312 Å². The Kier molecular flexibility index (Phi) is 41.7. The van der Waals surface area contributed by atoms with Gasteiger partial charge in [-0.15, -0.1) is 0 Å². The third-order valence-electron chi connectivity index (χ3n) is 14.5. The van der Waals surface area contributed by atoms with Crippen LogP contribution in [-0.4, -0.2) is 140 Å². The highest BCUT2D eigenvalue weighted by Gasteiger charge is 2.51. The zero-order valence-corrected chi connectivity index (χ0v) is 45.9. The number of hydrogen-bond acceptors (Lipinski definition) is 13. The van der Waals surface area contributed by atoms with Crippen LogP contribution in [0.2, 0.25) is 0 Å². The number of nitrogens with one attached hydrogen (secondary N) is 1. The highest BCUT2D eigenvalue weighted by molar-refractivity contribution is 5.76. The number of aliphatic hydroxyl groups excluding tert-OH is 8. The van der Waals surface area contributed by atoms with Gasteiger partial charge in [0.05, 0.1) is 32.0 Å². The minimum atomic E-state index is -1.79. The van der Waals surface area contributed by atoms with Gasteiger partial charge in [0, 0.05) is 6.42 Å². The number of carbonyl (C=O) groups excluding carboxylic acids is 1. The first-order valence-electron chi connectivity index (χ1n) is 29.7. The molecule has 12 atom stereocenters. The lowest BCUT2D eigenvalue weighted by Crippen LogP contribution is -2.65. The maximum absolute atomic E-state index is 13.2. The van der Waals surface area contributed by atoms with E-state index in [2.05, 4.69) is 43.5 Å². The van der Waals surface area contributed by atoms with Gasteiger partial charge in [0.1, 0.15) is 48.8 Å². The highest BCUT2D eigenvalue weighted by Crippen LogP contribution is 2.30. The Morgan fingerprint density at radius 1 is 0.479 bits per heavy atom. The Morgan fingerprint density at radius 2 is 0.877 bits per heavy atom. The minimum Gasteiger partial charge on any atom is -0.394 e. The summed E-state index contributed by atoms with van der Waals surface area (Å²) in [7, 11) is 0. The number of carbonyl (C=O) groups is 1. The molecule has 0 aliphatic carbocycles. The fourth-order valence-corrected chi connectivity index (χ4v) is 9.71. The number of allylic oxidation sites excluding steroid dienone is 5. The number of rotatable bonds is 47. The monoisotopic (exact) mass is 1040 g/mol. The topological polar surface area (TPSA) is 228 Å². The lowest BCUT2D eigenvalue weighted by Gasteiger charge is -2.46. The third-order valence-corrected chi connectivity index (χ3v) is 14.5. The maximum Gasteiger partial charge on any atom is 0.220 e. The molecule has 14 nitrogen and oxygen atoms in total. The van der Waals surface area contributed by atoms with Gasteiger partial charge in [-0.05, 0) is 57.8 Å². The molecule has 2 aliphatic rings. The molecule has 2 saturated heterocycles. The van der Waals surface area contributed by atoms with E-state index in [-0.39, 0.29) is 18.9 Å². The maximum atomic E-state index is 13.2. The number of ether oxygens (including phenoxy) is 4. The second-order valence-electron chi connectivity index (χ2n) is 21.1. The summed E-state index contributed by atoms with van der Waals surface area (Å²) in [6.45, 7) is 2.74. The molecule has 0 aromatic heterocycles. The summed E-state index contributed by atoms with van der Waals surface area (Å²) in [5.74, 6) is -0.249. The number of hydrogen-bond donors (Lipinski definition) is 9. The second kappa shape index (κ2) is 45.3. The fraction of sp³-hybridized carbons (Fsp3) is 0.881. The predicted octanol–water partition coefficient (Wildman–Crippen LogP) is 9.83. The molecule has 14 heteroatoms. The Balaban J connectivity index is 1.65. The van der Waals surface area contributed by atoms with Crippen molar-refractivity contribution in [1.29, 1.82) is 0 Å². The van der Waals surface area contributed by atoms with Crippen LogP contribution in [0.15, 0.2) is 36.5 Å². The lowest BCUT2D eigenvalue weighted by atomic mass is 9.97. The Morgan fingerprint density at radius 3 is 1.36 bits per heavy atom. The van der Waals surface area contributed by atoms with E-state index in [4.69, 9.17) is 18.9 Å². The van der Waals surface area contributed by atoms with Crippen LogP contribution in [0.25, 0.3) is 0 Å². The number of aliphatic hydroxyl groups is 8. The molecule has 0 aromatic carbocycles. The summed E-state index contributed by atoms with van der Waals surface area (Å²) in [6, 6.07) is -0.928. The third kappa shape index (κ3) is 31.3. The molecule has 2 aliphatic heterocycles. The van der Waals surface area contributed by atoms with Crippen molar-refractivity contribution in [3.63, 3.8) is 0 Å². The van der Waals surface area contributed by atoms with Crippen molar-refractivity contribution >= 4 is 5.91 Å². The number of unbranched alkanes of at least 4 members (excludes halogenated alkanes) is 30. The summed E-state index contributed by atoms with van der Waals surface area (Å²) in [6.07, 6.45) is 37.9. The minimum absolute atomic E-state index is 0.249. The summed E-state index contributed by atoms with van der Waals surface area (Å²) >= 11 is 0. The van der Waals surface area contributed by atoms with E-state index >= 15 is 0 Å². The van der Waals surface area contributed by atoms with E-state index in [1.807, 2.05) is 6.08 Å². The molecule has 0 saturated carbocycles. The molecule has 1 amide bonds. The van der Waals surface area contributed by atoms with Gasteiger partial charge >= 0.3 is 0 Å². The van der Waals surface area contributed by atoms with Crippen molar-refractivity contribution in [2.24, 2.45) is 0 Å². The van der Waals surface area contributed by atoms with Crippen molar-refractivity contribution in [3.8, 4) is 0 Å². The molecular weight excluding hydrogens is 931 g/mol. The zero-order chi connectivity index (χ0) is 53.2. The van der Waals surface area contributed by atoms with Crippen LogP contribution < -0.4 is 5.32 Å². The molecular formula is C59H109NO13. The lowest BCUT2D eigenvalue weighted by molar-refractivity contribution is -0.359. The van der Waals surface area contributed by atoms with Gasteiger partial charge in [-0.2, -0.15) is 0 Å². The van der Waals surface area contributed by atoms with Crippen LogP contribution in [0.3, 0.4) is 0 Å². The average molecular weight is 1040 g/mol. The Labute approximate surface area is 442 Å². The molecule has 2 fully saturated rings. The van der Waals surface area contributed by atoms with Gasteiger partial charge in [-0.1, -0.05) is 211 Å². The van der Waals surface area contributed by atoms with Crippen LogP contribution in [0.1, 0.15) is 239 Å². The van der Waals surface area contributed by atoms with Crippen molar-refractivity contribution in [2.75, 3.05) is 19.8 Å². The first kappa shape index (κ1) is 67.3. The molecule has 73 heavy (non-hydrogen) atoms. The highest BCUT2D eigenvalue weighted by atomic mass is 16.7. The van der Waals surface area contributed by atoms with Crippen LogP contribution in [0.4, 0.5) is 0 Å². The summed E-state index contributed by atoms with van der Waals surface area (Å²) in [5.41, 5.74) is 0. The molecule has 2 rings (SSSR count). The molecule has 0 aromatic rings. The van der Waals surface area contributed by atoms with Gasteiger partial charge in [0.2, 0.25) is 5.91 Å². The Hall–Kier alpha value is -1.79. The Bertz CT molecular complexity index is 1370. The summed E-state index contributed by atoms with van der Waals surface area (Å²) in [5, 5.41) is 86.8. The van der Waals surface area contributed by atoms with E-state index in [1.165, 1.54) is 173 Å². The van der Waals surface area contributed by atoms with Gasteiger partial charge in [-0.25, -0.2) is 0 Å². The van der Waals surface area contributed by atoms with Gasteiger partial charge < -0.3 is 65.1 Å². The summed E-state index contributed by atoms with van der Waals surface area (Å²) < 4.78 is 22.7. The molecule has 12 unspecified atom stereocenters. The smallest absolute Gasteiger partial charge is 0.220 e. The first-order valence-corrected chi connectivity index (χ1v) is 29.7. The normalized spacial score (nSPS) is 25.6. The van der Waals surface area contributed by atoms with E-state index in [9.17, 15) is 45.6 Å². The predicted molar refractivity (Wildman–Crippen MR) is 291 cm³/mol. The van der Waals surface area contributed by atoms with Gasteiger partial charge in [0.25, 0.3) is 0 Å². The first-order chi connectivity index (χ1) is 35.6. The standard InChI is InChI=1S/C59H109NO13/c1-3-5-7-9-11-13-15-16-17-18-19-20-21-22-23-24-25-26-27-28-29-30-31-32-33-35-37-39-41-43-51(64)60-47(48(63)42-40-38-36-34-14-12-10-8-6-4-2)46-70-58-56(69)54(67)57(50(45-62)72-58)73-59-55(68)53(66)52(65)49(44-61)71-59/h14,18-19,34,40,42,47-50,52-59,61-63,65-69H,3-13,15-17,20-33,35-39,41,43-46H2,1-2H3,(H,60,64)/b19-18-,34-14+,42-40+. The SMILES string of the molecule is CCCCCC/C=C/CC/C=C/C(O)C(COC1OC(CO)C(OC2OC(CO)C(O)C(O)C2O)C(O)C1O)NC(=O)CCCCCCCCCCCCCCCCCCC/C=C\CCCCCCCCCC. The average Bonchev–Trinajstić information content (AvgIpc) is 3.39.